The minimum atomic E-state index is 0.906. The molecule has 0 aliphatic rings. The van der Waals surface area contributed by atoms with Crippen LogP contribution in [0.4, 0.5) is 0 Å². The zero-order chi connectivity index (χ0) is 43.7. The highest BCUT2D eigenvalue weighted by Gasteiger charge is 2.29. The Bertz CT molecular complexity index is 4480. The molecule has 15 aromatic rings. The van der Waals surface area contributed by atoms with E-state index in [2.05, 4.69) is 224 Å². The van der Waals surface area contributed by atoms with Crippen molar-refractivity contribution in [3.63, 3.8) is 0 Å². The largest absolute Gasteiger partial charge is 0.456 e. The molecular weight excluding hydrogens is 809 g/mol. The van der Waals surface area contributed by atoms with Gasteiger partial charge in [-0.3, -0.25) is 0 Å². The van der Waals surface area contributed by atoms with E-state index in [0.29, 0.717) is 0 Å². The van der Waals surface area contributed by atoms with Gasteiger partial charge in [0, 0.05) is 10.8 Å². The van der Waals surface area contributed by atoms with Gasteiger partial charge in [-0.25, -0.2) is 0 Å². The summed E-state index contributed by atoms with van der Waals surface area (Å²) in [6, 6.07) is 85.5. The molecular formula is C66H38O. The van der Waals surface area contributed by atoms with Crippen LogP contribution in [-0.4, -0.2) is 0 Å². The predicted octanol–water partition coefficient (Wildman–Crippen LogP) is 18.9. The zero-order valence-electron chi connectivity index (χ0n) is 36.3. The zero-order valence-corrected chi connectivity index (χ0v) is 36.3. The van der Waals surface area contributed by atoms with Crippen LogP contribution in [0.3, 0.4) is 0 Å². The molecule has 0 atom stereocenters. The molecule has 0 saturated heterocycles. The number of benzene rings is 12. The van der Waals surface area contributed by atoms with Crippen LogP contribution >= 0.6 is 0 Å². The number of hydrogen-bond acceptors (Lipinski definition) is 1. The molecule has 67 heavy (non-hydrogen) atoms. The summed E-state index contributed by atoms with van der Waals surface area (Å²) in [7, 11) is 0. The van der Waals surface area contributed by atoms with Crippen LogP contribution in [0.5, 0.6) is 0 Å². The van der Waals surface area contributed by atoms with Gasteiger partial charge in [0.25, 0.3) is 0 Å². The van der Waals surface area contributed by atoms with Gasteiger partial charge in [0.1, 0.15) is 11.2 Å². The van der Waals surface area contributed by atoms with Crippen molar-refractivity contribution >= 4 is 97.3 Å². The molecule has 1 nitrogen and oxygen atoms in total. The van der Waals surface area contributed by atoms with E-state index in [4.69, 9.17) is 4.42 Å². The number of furan rings is 1. The maximum atomic E-state index is 6.32. The summed E-state index contributed by atoms with van der Waals surface area (Å²) in [5.41, 5.74) is 14.1. The molecule has 0 unspecified atom stereocenters. The van der Waals surface area contributed by atoms with Crippen molar-refractivity contribution in [2.24, 2.45) is 0 Å². The Morgan fingerprint density at radius 1 is 0.194 bits per heavy atom. The Morgan fingerprint density at radius 3 is 1.40 bits per heavy atom. The number of hydrogen-bond donors (Lipinski definition) is 0. The van der Waals surface area contributed by atoms with Crippen LogP contribution < -0.4 is 0 Å². The molecule has 0 aliphatic heterocycles. The highest BCUT2D eigenvalue weighted by molar-refractivity contribution is 6.45. The highest BCUT2D eigenvalue weighted by atomic mass is 16.3. The number of fused-ring (bicyclic) bond motifs is 11. The maximum absolute atomic E-state index is 6.32. The second kappa shape index (κ2) is 13.9. The van der Waals surface area contributed by atoms with Crippen LogP contribution in [0, 0.1) is 0 Å². The van der Waals surface area contributed by atoms with Gasteiger partial charge >= 0.3 is 0 Å². The lowest BCUT2D eigenvalue weighted by molar-refractivity contribution is 0.669. The van der Waals surface area contributed by atoms with Crippen LogP contribution in [0.1, 0.15) is 0 Å². The molecule has 14 aromatic carbocycles. The van der Waals surface area contributed by atoms with Gasteiger partial charge in [0.15, 0.2) is 0 Å². The summed E-state index contributed by atoms with van der Waals surface area (Å²) < 4.78 is 6.32. The van der Waals surface area contributed by atoms with Gasteiger partial charge in [-0.2, -0.15) is 0 Å². The van der Waals surface area contributed by atoms with E-state index in [1.807, 2.05) is 6.07 Å². The first-order valence-corrected chi connectivity index (χ1v) is 23.3. The normalized spacial score (nSPS) is 12.2. The molecule has 0 fully saturated rings. The Kier molecular flexibility index (Phi) is 7.56. The van der Waals surface area contributed by atoms with E-state index >= 15 is 0 Å². The number of para-hydroxylation sites is 1. The average molecular weight is 847 g/mol. The second-order valence-electron chi connectivity index (χ2n) is 18.1. The molecule has 0 amide bonds. The van der Waals surface area contributed by atoms with Crippen LogP contribution in [0.25, 0.3) is 153 Å². The summed E-state index contributed by atoms with van der Waals surface area (Å²) in [5, 5.41) is 20.3. The van der Waals surface area contributed by atoms with Crippen molar-refractivity contribution in [3.05, 3.63) is 231 Å². The summed E-state index contributed by atoms with van der Waals surface area (Å²) >= 11 is 0. The molecule has 0 aliphatic carbocycles. The van der Waals surface area contributed by atoms with E-state index in [0.717, 1.165) is 21.9 Å². The molecule has 1 heteroatoms. The lowest BCUT2D eigenvalue weighted by Crippen LogP contribution is -1.94. The summed E-state index contributed by atoms with van der Waals surface area (Å²) in [4.78, 5) is 0. The van der Waals surface area contributed by atoms with Gasteiger partial charge in [-0.05, 0) is 155 Å². The third-order valence-electron chi connectivity index (χ3n) is 14.8. The molecule has 308 valence electrons. The fraction of sp³-hybridized carbons (Fsp3) is 0. The minimum Gasteiger partial charge on any atom is -0.456 e. The summed E-state index contributed by atoms with van der Waals surface area (Å²) in [6.07, 6.45) is 0. The molecule has 1 aromatic heterocycles. The monoisotopic (exact) mass is 846 g/mol. The van der Waals surface area contributed by atoms with E-state index in [1.54, 1.807) is 0 Å². The topological polar surface area (TPSA) is 13.1 Å². The Labute approximate surface area is 386 Å². The van der Waals surface area contributed by atoms with Crippen molar-refractivity contribution in [1.82, 2.24) is 0 Å². The summed E-state index contributed by atoms with van der Waals surface area (Å²) in [5.74, 6) is 0. The minimum absolute atomic E-state index is 0.906. The first-order chi connectivity index (χ1) is 33.3. The van der Waals surface area contributed by atoms with Crippen molar-refractivity contribution < 1.29 is 4.42 Å². The Balaban J connectivity index is 1.19. The Hall–Kier alpha value is -8.78. The molecule has 0 bridgehead atoms. The van der Waals surface area contributed by atoms with Crippen LogP contribution in [0.15, 0.2) is 235 Å². The van der Waals surface area contributed by atoms with Gasteiger partial charge in [0.2, 0.25) is 0 Å². The SMILES string of the molecule is c1ccc(-c2ccccc2-c2c3cc4c5ccccc5c5cccc(c3c(-c3ccccc3-c3ccccc3)c3c6ccc(-c7ccc8oc9ccccc9c8c7)c7cccc(c23)c76)c54)cc1. The first kappa shape index (κ1) is 36.5. The van der Waals surface area contributed by atoms with E-state index in [1.165, 1.54) is 131 Å². The molecule has 0 spiro atoms. The van der Waals surface area contributed by atoms with Crippen LogP contribution in [-0.2, 0) is 0 Å². The van der Waals surface area contributed by atoms with Gasteiger partial charge in [0.05, 0.1) is 0 Å². The van der Waals surface area contributed by atoms with Gasteiger partial charge in [-0.1, -0.05) is 206 Å². The first-order valence-electron chi connectivity index (χ1n) is 23.3. The fourth-order valence-electron chi connectivity index (χ4n) is 12.0. The second-order valence-corrected chi connectivity index (χ2v) is 18.1. The molecule has 0 N–H and O–H groups in total. The number of rotatable bonds is 5. The van der Waals surface area contributed by atoms with Crippen molar-refractivity contribution in [2.45, 2.75) is 0 Å². The predicted molar refractivity (Wildman–Crippen MR) is 286 cm³/mol. The van der Waals surface area contributed by atoms with E-state index in [9.17, 15) is 0 Å². The molecule has 1 heterocycles. The van der Waals surface area contributed by atoms with Crippen molar-refractivity contribution in [1.29, 1.82) is 0 Å². The third kappa shape index (κ3) is 5.09. The van der Waals surface area contributed by atoms with Gasteiger partial charge < -0.3 is 4.42 Å². The third-order valence-corrected chi connectivity index (χ3v) is 14.8. The smallest absolute Gasteiger partial charge is 0.135 e. The highest BCUT2D eigenvalue weighted by Crippen LogP contribution is 2.57. The maximum Gasteiger partial charge on any atom is 0.135 e. The van der Waals surface area contributed by atoms with Crippen molar-refractivity contribution in [3.8, 4) is 55.6 Å². The summed E-state index contributed by atoms with van der Waals surface area (Å²) in [6.45, 7) is 0. The van der Waals surface area contributed by atoms with Crippen molar-refractivity contribution in [2.75, 3.05) is 0 Å². The standard InChI is InChI=1S/C66H38O/c1-3-17-39(18-4-1)42-21-7-11-26-49(42)62-57-38-56-46-24-10-9-23-45(46)51-29-16-30-52(61(51)56)63(57)64(50-27-12-8-22-43(50)40-19-5-2-6-20-40)66-54-35-34-44(48-28-15-31-53(60(48)54)65(62)66)41-33-36-59-55(37-41)47-25-13-14-32-58(47)67-59/h1-38H. The van der Waals surface area contributed by atoms with Crippen LogP contribution in [0.2, 0.25) is 0 Å². The van der Waals surface area contributed by atoms with E-state index in [-0.39, 0.29) is 0 Å². The molecule has 15 rings (SSSR count). The Morgan fingerprint density at radius 2 is 0.687 bits per heavy atom. The lowest BCUT2D eigenvalue weighted by Gasteiger charge is -2.22. The van der Waals surface area contributed by atoms with E-state index < -0.39 is 0 Å². The molecule has 0 saturated carbocycles. The quantitative estimate of drug-likeness (QED) is 0.157. The fourth-order valence-corrected chi connectivity index (χ4v) is 12.0. The van der Waals surface area contributed by atoms with Gasteiger partial charge in [-0.15, -0.1) is 0 Å². The average Bonchev–Trinajstić information content (AvgIpc) is 4.05. The lowest BCUT2D eigenvalue weighted by atomic mass is 9.81. The molecule has 0 radical (unpaired) electrons.